The van der Waals surface area contributed by atoms with Gasteiger partial charge in [-0.1, -0.05) is 0 Å². The Hall–Kier alpha value is -1.91. The number of amides is 1. The first kappa shape index (κ1) is 18.4. The number of β-amino-alcohol motifs (C(OH)–C–C–N with tert-alkyl or cyclic N) is 1. The van der Waals surface area contributed by atoms with Crippen molar-refractivity contribution in [3.63, 3.8) is 0 Å². The van der Waals surface area contributed by atoms with Crippen molar-refractivity contribution >= 4 is 24.6 Å². The third-order valence-electron chi connectivity index (χ3n) is 3.53. The highest BCUT2D eigenvalue weighted by Crippen LogP contribution is 2.17. The fourth-order valence-electron chi connectivity index (χ4n) is 2.39. The van der Waals surface area contributed by atoms with Crippen molar-refractivity contribution in [3.05, 3.63) is 12.4 Å². The second-order valence-electron chi connectivity index (χ2n) is 6.73. The predicted octanol–water partition coefficient (Wildman–Crippen LogP) is -1.38. The molecule has 1 aromatic rings. The molecule has 0 aromatic carbocycles. The topological polar surface area (TPSA) is 128 Å². The number of ether oxygens (including phenoxy) is 1. The van der Waals surface area contributed by atoms with Crippen LogP contribution in [0.4, 0.5) is 10.6 Å². The Kier molecular flexibility index (Phi) is 5.63. The average Bonchev–Trinajstić information content (AvgIpc) is 2.47. The summed E-state index contributed by atoms with van der Waals surface area (Å²) in [6, 6.07) is -0.400. The lowest BCUT2D eigenvalue weighted by atomic mass is 9.87. The van der Waals surface area contributed by atoms with Crippen molar-refractivity contribution in [3.8, 4) is 0 Å². The fraction of sp³-hybridized carbons (Fsp3) is 0.643. The Morgan fingerprint density at radius 1 is 1.38 bits per heavy atom. The zero-order chi connectivity index (χ0) is 17.9. The molecule has 0 spiro atoms. The van der Waals surface area contributed by atoms with Gasteiger partial charge in [-0.25, -0.2) is 9.78 Å². The number of aliphatic hydroxyl groups is 1. The lowest BCUT2D eigenvalue weighted by Gasteiger charge is -2.36. The number of hydrogen-bond acceptors (Lipinski definition) is 8. The van der Waals surface area contributed by atoms with Crippen LogP contribution in [0.1, 0.15) is 27.2 Å². The number of carbonyl (C=O) groups is 1. The molecule has 2 atom stereocenters. The van der Waals surface area contributed by atoms with Gasteiger partial charge in [0.15, 0.2) is 0 Å². The molecule has 1 amide bonds. The summed E-state index contributed by atoms with van der Waals surface area (Å²) in [4.78, 5) is 21.6. The highest BCUT2D eigenvalue weighted by Gasteiger charge is 2.31. The number of nitrogens with zero attached hydrogens (tertiary/aromatic N) is 3. The van der Waals surface area contributed by atoms with Gasteiger partial charge in [0.1, 0.15) is 11.4 Å². The second kappa shape index (κ2) is 7.33. The summed E-state index contributed by atoms with van der Waals surface area (Å²) < 4.78 is 5.19. The molecule has 0 saturated carbocycles. The van der Waals surface area contributed by atoms with Gasteiger partial charge in [-0.15, -0.1) is 0 Å². The molecular formula is C14H23BN4O5. The summed E-state index contributed by atoms with van der Waals surface area (Å²) in [6.07, 6.45) is 1.88. The molecule has 24 heavy (non-hydrogen) atoms. The van der Waals surface area contributed by atoms with Gasteiger partial charge in [0.25, 0.3) is 0 Å². The van der Waals surface area contributed by atoms with Gasteiger partial charge in [-0.05, 0) is 27.2 Å². The SMILES string of the molecule is CC(C)(C)OC(=O)N[C@H]1CCN(c2cnc(B(O)O)cn2)C[C@@H]1O. The first-order valence-electron chi connectivity index (χ1n) is 7.76. The van der Waals surface area contributed by atoms with Crippen molar-refractivity contribution in [2.75, 3.05) is 18.0 Å². The molecule has 1 aliphatic heterocycles. The Morgan fingerprint density at radius 2 is 2.08 bits per heavy atom. The summed E-state index contributed by atoms with van der Waals surface area (Å²) in [5.41, 5.74) is -0.537. The van der Waals surface area contributed by atoms with Crippen LogP contribution in [0, 0.1) is 0 Å². The minimum atomic E-state index is -1.67. The molecule has 2 rings (SSSR count). The van der Waals surface area contributed by atoms with Gasteiger partial charge in [0, 0.05) is 19.3 Å². The average molecular weight is 338 g/mol. The van der Waals surface area contributed by atoms with Crippen molar-refractivity contribution in [2.24, 2.45) is 0 Å². The quantitative estimate of drug-likeness (QED) is 0.497. The summed E-state index contributed by atoms with van der Waals surface area (Å²) in [5, 5.41) is 31.0. The van der Waals surface area contributed by atoms with Gasteiger partial charge in [0.2, 0.25) is 0 Å². The number of piperidine rings is 1. The zero-order valence-electron chi connectivity index (χ0n) is 14.0. The molecule has 0 bridgehead atoms. The molecule has 1 aromatic heterocycles. The molecule has 1 fully saturated rings. The summed E-state index contributed by atoms with van der Waals surface area (Å²) in [6.45, 7) is 6.16. The van der Waals surface area contributed by atoms with E-state index >= 15 is 0 Å². The maximum Gasteiger partial charge on any atom is 0.509 e. The van der Waals surface area contributed by atoms with Crippen LogP contribution in [0.3, 0.4) is 0 Å². The van der Waals surface area contributed by atoms with Crippen molar-refractivity contribution in [1.29, 1.82) is 0 Å². The molecule has 0 unspecified atom stereocenters. The first-order valence-corrected chi connectivity index (χ1v) is 7.76. The number of anilines is 1. The van der Waals surface area contributed by atoms with Crippen LogP contribution in [0.5, 0.6) is 0 Å². The number of alkyl carbamates (subject to hydrolysis) is 1. The van der Waals surface area contributed by atoms with E-state index in [9.17, 15) is 9.90 Å². The number of hydrogen-bond donors (Lipinski definition) is 4. The molecule has 1 saturated heterocycles. The van der Waals surface area contributed by atoms with Crippen molar-refractivity contribution in [2.45, 2.75) is 44.9 Å². The molecule has 1 aliphatic rings. The molecule has 0 aliphatic carbocycles. The summed E-state index contributed by atoms with van der Waals surface area (Å²) >= 11 is 0. The van der Waals surface area contributed by atoms with E-state index in [4.69, 9.17) is 14.8 Å². The Labute approximate surface area is 140 Å². The summed E-state index contributed by atoms with van der Waals surface area (Å²) in [7, 11) is -1.67. The number of nitrogens with one attached hydrogen (secondary N) is 1. The van der Waals surface area contributed by atoms with Gasteiger partial charge in [-0.2, -0.15) is 0 Å². The van der Waals surface area contributed by atoms with E-state index < -0.39 is 31.0 Å². The van der Waals surface area contributed by atoms with Crippen LogP contribution in [0.25, 0.3) is 0 Å². The highest BCUT2D eigenvalue weighted by atomic mass is 16.6. The minimum absolute atomic E-state index is 0.0563. The number of aromatic nitrogens is 2. The van der Waals surface area contributed by atoms with Crippen LogP contribution in [0.15, 0.2) is 12.4 Å². The molecule has 0 radical (unpaired) electrons. The minimum Gasteiger partial charge on any atom is -0.444 e. The normalized spacial score (nSPS) is 21.3. The van der Waals surface area contributed by atoms with E-state index in [0.717, 1.165) is 0 Å². The molecule has 9 nitrogen and oxygen atoms in total. The third-order valence-corrected chi connectivity index (χ3v) is 3.53. The molecular weight excluding hydrogens is 315 g/mol. The van der Waals surface area contributed by atoms with Crippen LogP contribution >= 0.6 is 0 Å². The number of aliphatic hydroxyl groups excluding tert-OH is 1. The Morgan fingerprint density at radius 3 is 2.58 bits per heavy atom. The maximum absolute atomic E-state index is 11.8. The zero-order valence-corrected chi connectivity index (χ0v) is 14.0. The van der Waals surface area contributed by atoms with E-state index in [2.05, 4.69) is 15.3 Å². The van der Waals surface area contributed by atoms with Crippen LogP contribution in [-0.2, 0) is 4.74 Å². The van der Waals surface area contributed by atoms with Crippen LogP contribution in [-0.4, -0.2) is 69.2 Å². The highest BCUT2D eigenvalue weighted by molar-refractivity contribution is 6.57. The van der Waals surface area contributed by atoms with Gasteiger partial charge >= 0.3 is 13.2 Å². The number of rotatable bonds is 3. The Bertz CT molecular complexity index is 563. The van der Waals surface area contributed by atoms with Gasteiger partial charge in [-0.3, -0.25) is 4.98 Å². The lowest BCUT2D eigenvalue weighted by Crippen LogP contribution is -2.55. The largest absolute Gasteiger partial charge is 0.509 e. The first-order chi connectivity index (χ1) is 11.2. The fourth-order valence-corrected chi connectivity index (χ4v) is 2.39. The number of carbonyl (C=O) groups excluding carboxylic acids is 1. The van der Waals surface area contributed by atoms with E-state index in [1.54, 1.807) is 20.8 Å². The van der Waals surface area contributed by atoms with Crippen LogP contribution < -0.4 is 15.8 Å². The van der Waals surface area contributed by atoms with Gasteiger partial charge in [0.05, 0.1) is 23.9 Å². The standard InChI is InChI=1S/C14H23BN4O5/c1-14(2,3)24-13(21)18-9-4-5-19(8-10(9)20)12-7-16-11(6-17-12)15(22)23/h6-7,9-10,20,22-23H,4-5,8H2,1-3H3,(H,18,21)/t9-,10-/m0/s1. The molecule has 2 heterocycles. The van der Waals surface area contributed by atoms with Crippen LogP contribution in [0.2, 0.25) is 0 Å². The van der Waals surface area contributed by atoms with Crippen molar-refractivity contribution < 1.29 is 24.7 Å². The smallest absolute Gasteiger partial charge is 0.444 e. The second-order valence-corrected chi connectivity index (χ2v) is 6.73. The van der Waals surface area contributed by atoms with Crippen molar-refractivity contribution in [1.82, 2.24) is 15.3 Å². The predicted molar refractivity (Wildman–Crippen MR) is 87.9 cm³/mol. The Balaban J connectivity index is 1.91. The molecule has 4 N–H and O–H groups in total. The molecule has 132 valence electrons. The van der Waals surface area contributed by atoms with E-state index in [1.165, 1.54) is 12.4 Å². The summed E-state index contributed by atoms with van der Waals surface area (Å²) in [5.74, 6) is 0.522. The maximum atomic E-state index is 11.8. The van der Waals surface area contributed by atoms with Gasteiger partial charge < -0.3 is 30.1 Å². The monoisotopic (exact) mass is 338 g/mol. The lowest BCUT2D eigenvalue weighted by molar-refractivity contribution is 0.0402. The third kappa shape index (κ3) is 5.05. The van der Waals surface area contributed by atoms with E-state index in [0.29, 0.717) is 18.8 Å². The van der Waals surface area contributed by atoms with E-state index in [1.807, 2.05) is 4.90 Å². The molecule has 10 heteroatoms. The van der Waals surface area contributed by atoms with E-state index in [-0.39, 0.29) is 12.1 Å².